The molecule has 10 rings (SSSR count). The number of hydrogen-bond acceptors (Lipinski definition) is 2. The highest BCUT2D eigenvalue weighted by atomic mass is 16.3. The molecule has 1 aromatic heterocycles. The minimum Gasteiger partial charge on any atom is -0.456 e. The maximum Gasteiger partial charge on any atom is 0.137 e. The Morgan fingerprint density at radius 3 is 1.98 bits per heavy atom. The van der Waals surface area contributed by atoms with E-state index in [1.165, 1.54) is 54.9 Å². The third-order valence-electron chi connectivity index (χ3n) is 10.6. The fraction of sp³-hybridized carbons (Fsp3) is 0.0638. The minimum absolute atomic E-state index is 0.114. The second-order valence-corrected chi connectivity index (χ2v) is 13.7. The molecule has 232 valence electrons. The lowest BCUT2D eigenvalue weighted by atomic mass is 9.79. The highest BCUT2D eigenvalue weighted by Gasteiger charge is 2.38. The maximum absolute atomic E-state index is 6.38. The molecule has 0 bridgehead atoms. The van der Waals surface area contributed by atoms with Crippen molar-refractivity contribution in [3.8, 4) is 22.3 Å². The number of fused-ring (bicyclic) bond motifs is 9. The molecule has 0 atom stereocenters. The Balaban J connectivity index is 1.24. The molecule has 1 aliphatic rings. The second kappa shape index (κ2) is 10.4. The lowest BCUT2D eigenvalue weighted by Gasteiger charge is -2.28. The van der Waals surface area contributed by atoms with Gasteiger partial charge in [0.15, 0.2) is 0 Å². The second-order valence-electron chi connectivity index (χ2n) is 13.7. The van der Waals surface area contributed by atoms with E-state index in [9.17, 15) is 0 Å². The zero-order valence-electron chi connectivity index (χ0n) is 27.4. The Morgan fingerprint density at radius 2 is 1.12 bits per heavy atom. The van der Waals surface area contributed by atoms with Crippen molar-refractivity contribution in [2.24, 2.45) is 0 Å². The van der Waals surface area contributed by atoms with E-state index in [4.69, 9.17) is 4.42 Å². The lowest BCUT2D eigenvalue weighted by molar-refractivity contribution is 0.666. The summed E-state index contributed by atoms with van der Waals surface area (Å²) >= 11 is 0. The summed E-state index contributed by atoms with van der Waals surface area (Å²) in [7, 11) is 0. The van der Waals surface area contributed by atoms with Crippen molar-refractivity contribution in [3.63, 3.8) is 0 Å². The summed E-state index contributed by atoms with van der Waals surface area (Å²) in [6.45, 7) is 4.76. The van der Waals surface area contributed by atoms with Crippen LogP contribution in [-0.4, -0.2) is 0 Å². The third kappa shape index (κ3) is 4.07. The van der Waals surface area contributed by atoms with Crippen LogP contribution in [0.1, 0.15) is 25.0 Å². The molecule has 0 fully saturated rings. The van der Waals surface area contributed by atoms with E-state index in [2.05, 4.69) is 170 Å². The van der Waals surface area contributed by atoms with Gasteiger partial charge < -0.3 is 9.32 Å². The molecule has 1 aliphatic carbocycles. The van der Waals surface area contributed by atoms with Crippen LogP contribution in [0.4, 0.5) is 17.1 Å². The van der Waals surface area contributed by atoms with Crippen molar-refractivity contribution in [3.05, 3.63) is 175 Å². The van der Waals surface area contributed by atoms with Crippen molar-refractivity contribution >= 4 is 60.5 Å². The van der Waals surface area contributed by atoms with Crippen molar-refractivity contribution in [2.45, 2.75) is 19.3 Å². The highest BCUT2D eigenvalue weighted by molar-refractivity contribution is 6.13. The van der Waals surface area contributed by atoms with Gasteiger partial charge in [0.1, 0.15) is 11.2 Å². The first-order valence-electron chi connectivity index (χ1n) is 17.0. The molecule has 0 aliphatic heterocycles. The number of benzene rings is 8. The fourth-order valence-electron chi connectivity index (χ4n) is 8.44. The molecule has 0 N–H and O–H groups in total. The van der Waals surface area contributed by atoms with Crippen molar-refractivity contribution in [1.82, 2.24) is 0 Å². The van der Waals surface area contributed by atoms with Gasteiger partial charge in [0.05, 0.1) is 5.69 Å². The van der Waals surface area contributed by atoms with Crippen molar-refractivity contribution in [1.29, 1.82) is 0 Å². The average Bonchev–Trinajstić information content (AvgIpc) is 3.64. The number of furan rings is 1. The van der Waals surface area contributed by atoms with Gasteiger partial charge in [0.25, 0.3) is 0 Å². The van der Waals surface area contributed by atoms with E-state index in [0.29, 0.717) is 0 Å². The normalized spacial score (nSPS) is 13.3. The molecule has 0 saturated carbocycles. The summed E-state index contributed by atoms with van der Waals surface area (Å²) < 4.78 is 6.38. The molecule has 1 heterocycles. The summed E-state index contributed by atoms with van der Waals surface area (Å²) in [6.07, 6.45) is 0. The van der Waals surface area contributed by atoms with Crippen LogP contribution >= 0.6 is 0 Å². The average molecular weight is 628 g/mol. The zero-order chi connectivity index (χ0) is 32.7. The van der Waals surface area contributed by atoms with Gasteiger partial charge in [0, 0.05) is 39.0 Å². The number of rotatable bonds is 4. The molecule has 49 heavy (non-hydrogen) atoms. The topological polar surface area (TPSA) is 16.4 Å². The van der Waals surface area contributed by atoms with Crippen LogP contribution < -0.4 is 4.90 Å². The van der Waals surface area contributed by atoms with Gasteiger partial charge in [-0.1, -0.05) is 129 Å². The molecule has 0 saturated heterocycles. The van der Waals surface area contributed by atoms with Crippen molar-refractivity contribution in [2.75, 3.05) is 4.90 Å². The predicted molar refractivity (Wildman–Crippen MR) is 206 cm³/mol. The van der Waals surface area contributed by atoms with Gasteiger partial charge in [0.2, 0.25) is 0 Å². The van der Waals surface area contributed by atoms with E-state index >= 15 is 0 Å². The molecule has 0 radical (unpaired) electrons. The van der Waals surface area contributed by atoms with Gasteiger partial charge >= 0.3 is 0 Å². The Hall–Kier alpha value is -6.12. The van der Waals surface area contributed by atoms with E-state index in [0.717, 1.165) is 39.0 Å². The standard InChI is InChI=1S/C47H33NO/c1-47(2)41-22-12-10-21-39(41)45-40(28-30-14-6-7-17-33(30)46(45)47)35-26-27-42(36-19-9-8-18-34(35)36)48(31-15-4-3-5-16-31)32-24-25-38-37-20-11-13-23-43(37)49-44(38)29-32/h3-29H,1-2H3. The molecule has 8 aromatic carbocycles. The number of hydrogen-bond donors (Lipinski definition) is 0. The van der Waals surface area contributed by atoms with Gasteiger partial charge in [-0.3, -0.25) is 0 Å². The Labute approximate surface area is 285 Å². The van der Waals surface area contributed by atoms with Gasteiger partial charge in [-0.25, -0.2) is 0 Å². The van der Waals surface area contributed by atoms with Crippen LogP contribution in [-0.2, 0) is 5.41 Å². The van der Waals surface area contributed by atoms with Crippen LogP contribution in [0.2, 0.25) is 0 Å². The molecular formula is C47H33NO. The Kier molecular flexibility index (Phi) is 5.95. The number of nitrogens with zero attached hydrogens (tertiary/aromatic N) is 1. The van der Waals surface area contributed by atoms with E-state index in [-0.39, 0.29) is 5.41 Å². The minimum atomic E-state index is -0.114. The van der Waals surface area contributed by atoms with E-state index in [1.54, 1.807) is 0 Å². The molecule has 2 heteroatoms. The monoisotopic (exact) mass is 627 g/mol. The van der Waals surface area contributed by atoms with Gasteiger partial charge in [-0.05, 0) is 92.0 Å². The zero-order valence-corrected chi connectivity index (χ0v) is 27.4. The predicted octanol–water partition coefficient (Wildman–Crippen LogP) is 13.3. The summed E-state index contributed by atoms with van der Waals surface area (Å²) in [5.74, 6) is 0. The summed E-state index contributed by atoms with van der Waals surface area (Å²) in [6, 6.07) is 59.3. The first-order chi connectivity index (χ1) is 24.1. The molecule has 0 spiro atoms. The van der Waals surface area contributed by atoms with Gasteiger partial charge in [-0.15, -0.1) is 0 Å². The molecule has 2 nitrogen and oxygen atoms in total. The molecular weight excluding hydrogens is 595 g/mol. The number of para-hydroxylation sites is 2. The summed E-state index contributed by atoms with van der Waals surface area (Å²) in [4.78, 5) is 2.36. The molecule has 0 amide bonds. The Morgan fingerprint density at radius 1 is 0.449 bits per heavy atom. The quantitative estimate of drug-likeness (QED) is 0.193. The third-order valence-corrected chi connectivity index (χ3v) is 10.6. The largest absolute Gasteiger partial charge is 0.456 e. The number of anilines is 3. The lowest BCUT2D eigenvalue weighted by Crippen LogP contribution is -2.15. The van der Waals surface area contributed by atoms with E-state index < -0.39 is 0 Å². The van der Waals surface area contributed by atoms with Gasteiger partial charge in [-0.2, -0.15) is 0 Å². The first-order valence-corrected chi connectivity index (χ1v) is 17.0. The van der Waals surface area contributed by atoms with Crippen molar-refractivity contribution < 1.29 is 4.42 Å². The van der Waals surface area contributed by atoms with Crippen LogP contribution in [0.5, 0.6) is 0 Å². The van der Waals surface area contributed by atoms with Crippen LogP contribution in [0.15, 0.2) is 168 Å². The summed E-state index contributed by atoms with van der Waals surface area (Å²) in [5, 5.41) is 7.29. The van der Waals surface area contributed by atoms with Crippen LogP contribution in [0.3, 0.4) is 0 Å². The van der Waals surface area contributed by atoms with Crippen LogP contribution in [0.25, 0.3) is 65.7 Å². The Bertz CT molecular complexity index is 2750. The fourth-order valence-corrected chi connectivity index (χ4v) is 8.44. The van der Waals surface area contributed by atoms with E-state index in [1.807, 2.05) is 12.1 Å². The summed E-state index contributed by atoms with van der Waals surface area (Å²) in [5.41, 5.74) is 13.0. The first kappa shape index (κ1) is 27.9. The molecule has 0 unspecified atom stereocenters. The highest BCUT2D eigenvalue weighted by Crippen LogP contribution is 2.56. The van der Waals surface area contributed by atoms with Crippen LogP contribution in [0, 0.1) is 0 Å². The molecule has 9 aromatic rings. The smallest absolute Gasteiger partial charge is 0.137 e. The SMILES string of the molecule is CC1(C)c2ccccc2-c2c(-c3ccc(N(c4ccccc4)c4ccc5c(c4)oc4ccccc45)c4ccccc34)cc3ccccc3c21. The maximum atomic E-state index is 6.38.